The maximum Gasteiger partial charge on any atom is 0.349 e. The monoisotopic (exact) mass is 258 g/mol. The number of unbranched alkanes of at least 4 members (excludes halogenated alkanes) is 1. The molecule has 0 bridgehead atoms. The lowest BCUT2D eigenvalue weighted by molar-refractivity contribution is -0.272. The van der Waals surface area contributed by atoms with Gasteiger partial charge in [-0.25, -0.2) is 4.79 Å². The molecule has 0 fully saturated rings. The van der Waals surface area contributed by atoms with Crippen molar-refractivity contribution in [2.75, 3.05) is 6.61 Å². The molecule has 0 radical (unpaired) electrons. The van der Waals surface area contributed by atoms with Gasteiger partial charge in [0.15, 0.2) is 5.78 Å². The number of rotatable bonds is 9. The smallest absolute Gasteiger partial charge is 0.299 e. The van der Waals surface area contributed by atoms with Gasteiger partial charge in [-0.1, -0.05) is 13.3 Å². The number of carbonyl (C=O) groups is 4. The van der Waals surface area contributed by atoms with Crippen LogP contribution in [0.2, 0.25) is 0 Å². The fourth-order valence-electron chi connectivity index (χ4n) is 1.32. The summed E-state index contributed by atoms with van der Waals surface area (Å²) >= 11 is 0. The Labute approximate surface area is 106 Å². The molecule has 0 aliphatic rings. The minimum absolute atomic E-state index is 0.249. The van der Waals surface area contributed by atoms with Crippen molar-refractivity contribution in [3.63, 3.8) is 0 Å². The third-order valence-electron chi connectivity index (χ3n) is 2.19. The topological polar surface area (TPSA) is 86.7 Å². The van der Waals surface area contributed by atoms with Crippen molar-refractivity contribution in [2.24, 2.45) is 5.92 Å². The SMILES string of the molecule is CCCCOOC(=O)CC(=O)C(C(C)=O)C(C)=O. The number of ketones is 3. The van der Waals surface area contributed by atoms with Gasteiger partial charge in [0.2, 0.25) is 0 Å². The summed E-state index contributed by atoms with van der Waals surface area (Å²) in [5.41, 5.74) is 0. The van der Waals surface area contributed by atoms with Crippen LogP contribution in [-0.2, 0) is 29.0 Å². The first-order valence-electron chi connectivity index (χ1n) is 5.76. The Kier molecular flexibility index (Phi) is 7.78. The van der Waals surface area contributed by atoms with Gasteiger partial charge < -0.3 is 0 Å². The minimum atomic E-state index is -1.38. The average Bonchev–Trinajstić information content (AvgIpc) is 2.23. The normalized spacial score (nSPS) is 10.2. The van der Waals surface area contributed by atoms with Crippen LogP contribution < -0.4 is 0 Å². The Morgan fingerprint density at radius 2 is 1.61 bits per heavy atom. The van der Waals surface area contributed by atoms with E-state index in [2.05, 4.69) is 9.78 Å². The van der Waals surface area contributed by atoms with Gasteiger partial charge in [-0.2, -0.15) is 4.89 Å². The second-order valence-corrected chi connectivity index (χ2v) is 3.93. The number of Topliss-reactive ketones (excluding diaryl/α,β-unsaturated/α-hetero) is 3. The summed E-state index contributed by atoms with van der Waals surface area (Å²) in [5.74, 6) is -4.20. The zero-order valence-corrected chi connectivity index (χ0v) is 10.9. The Morgan fingerprint density at radius 1 is 1.06 bits per heavy atom. The molecule has 0 saturated carbocycles. The van der Waals surface area contributed by atoms with E-state index in [1.54, 1.807) is 0 Å². The third kappa shape index (κ3) is 6.24. The summed E-state index contributed by atoms with van der Waals surface area (Å²) in [6.07, 6.45) is 0.966. The van der Waals surface area contributed by atoms with Crippen LogP contribution in [0.3, 0.4) is 0 Å². The third-order valence-corrected chi connectivity index (χ3v) is 2.19. The van der Waals surface area contributed by atoms with Gasteiger partial charge in [0.1, 0.15) is 23.9 Å². The van der Waals surface area contributed by atoms with E-state index in [-0.39, 0.29) is 6.61 Å². The van der Waals surface area contributed by atoms with E-state index in [0.717, 1.165) is 26.7 Å². The molecule has 18 heavy (non-hydrogen) atoms. The van der Waals surface area contributed by atoms with Gasteiger partial charge in [0.05, 0.1) is 6.61 Å². The van der Waals surface area contributed by atoms with Gasteiger partial charge in [-0.3, -0.25) is 19.3 Å². The van der Waals surface area contributed by atoms with Crippen molar-refractivity contribution in [1.29, 1.82) is 0 Å². The van der Waals surface area contributed by atoms with Crippen molar-refractivity contribution in [1.82, 2.24) is 0 Å². The predicted molar refractivity (Wildman–Crippen MR) is 61.4 cm³/mol. The maximum atomic E-state index is 11.5. The summed E-state index contributed by atoms with van der Waals surface area (Å²) in [6, 6.07) is 0. The van der Waals surface area contributed by atoms with E-state index in [0.29, 0.717) is 0 Å². The first-order valence-corrected chi connectivity index (χ1v) is 5.76. The highest BCUT2D eigenvalue weighted by molar-refractivity contribution is 6.20. The highest BCUT2D eigenvalue weighted by Crippen LogP contribution is 2.06. The molecule has 0 atom stereocenters. The van der Waals surface area contributed by atoms with Crippen LogP contribution in [0.25, 0.3) is 0 Å². The molecule has 0 spiro atoms. The van der Waals surface area contributed by atoms with Crippen molar-refractivity contribution in [3.05, 3.63) is 0 Å². The highest BCUT2D eigenvalue weighted by atomic mass is 17.2. The molecule has 0 rings (SSSR count). The van der Waals surface area contributed by atoms with E-state index >= 15 is 0 Å². The molecule has 0 N–H and O–H groups in total. The van der Waals surface area contributed by atoms with E-state index in [1.165, 1.54) is 0 Å². The molecule has 6 nitrogen and oxygen atoms in total. The van der Waals surface area contributed by atoms with E-state index in [9.17, 15) is 19.2 Å². The fourth-order valence-corrected chi connectivity index (χ4v) is 1.32. The van der Waals surface area contributed by atoms with Crippen molar-refractivity contribution in [3.8, 4) is 0 Å². The van der Waals surface area contributed by atoms with Crippen LogP contribution in [0.15, 0.2) is 0 Å². The molecule has 0 unspecified atom stereocenters. The largest absolute Gasteiger partial charge is 0.349 e. The quantitative estimate of drug-likeness (QED) is 0.265. The lowest BCUT2D eigenvalue weighted by atomic mass is 9.94. The van der Waals surface area contributed by atoms with Crippen LogP contribution in [-0.4, -0.2) is 29.9 Å². The van der Waals surface area contributed by atoms with Crippen LogP contribution in [0.1, 0.15) is 40.0 Å². The zero-order valence-electron chi connectivity index (χ0n) is 10.9. The molecule has 0 heterocycles. The molecule has 0 aromatic heterocycles. The molecule has 0 aliphatic heterocycles. The van der Waals surface area contributed by atoms with Crippen molar-refractivity contribution in [2.45, 2.75) is 40.0 Å². The molecule has 0 aromatic rings. The first kappa shape index (κ1) is 16.4. The number of hydrogen-bond donors (Lipinski definition) is 0. The van der Waals surface area contributed by atoms with Crippen LogP contribution in [0.5, 0.6) is 0 Å². The molecule has 6 heteroatoms. The van der Waals surface area contributed by atoms with Crippen LogP contribution in [0, 0.1) is 5.92 Å². The molecular weight excluding hydrogens is 240 g/mol. The predicted octanol–water partition coefficient (Wildman–Crippen LogP) is 1.01. The fraction of sp³-hybridized carbons (Fsp3) is 0.667. The van der Waals surface area contributed by atoms with Crippen molar-refractivity contribution >= 4 is 23.3 Å². The Bertz CT molecular complexity index is 319. The van der Waals surface area contributed by atoms with Crippen molar-refractivity contribution < 1.29 is 29.0 Å². The van der Waals surface area contributed by atoms with Crippen LogP contribution >= 0.6 is 0 Å². The lowest BCUT2D eigenvalue weighted by Crippen LogP contribution is -2.30. The summed E-state index contributed by atoms with van der Waals surface area (Å²) in [7, 11) is 0. The van der Waals surface area contributed by atoms with Gasteiger partial charge in [-0.05, 0) is 20.3 Å². The minimum Gasteiger partial charge on any atom is -0.299 e. The Morgan fingerprint density at radius 3 is 2.06 bits per heavy atom. The van der Waals surface area contributed by atoms with Gasteiger partial charge >= 0.3 is 5.97 Å². The maximum absolute atomic E-state index is 11.5. The summed E-state index contributed by atoms with van der Waals surface area (Å²) in [4.78, 5) is 53.8. The average molecular weight is 258 g/mol. The molecule has 102 valence electrons. The summed E-state index contributed by atoms with van der Waals surface area (Å²) < 4.78 is 0. The Balaban J connectivity index is 4.17. The Hall–Kier alpha value is -1.56. The lowest BCUT2D eigenvalue weighted by Gasteiger charge is -2.08. The summed E-state index contributed by atoms with van der Waals surface area (Å²) in [5, 5.41) is 0. The molecule has 0 aliphatic carbocycles. The standard InChI is InChI=1S/C12H18O6/c1-4-5-6-17-18-11(16)7-10(15)12(8(2)13)9(3)14/h12H,4-7H2,1-3H3. The van der Waals surface area contributed by atoms with E-state index in [4.69, 9.17) is 0 Å². The number of carbonyl (C=O) groups excluding carboxylic acids is 4. The van der Waals surface area contributed by atoms with Crippen LogP contribution in [0.4, 0.5) is 0 Å². The van der Waals surface area contributed by atoms with Gasteiger partial charge in [0.25, 0.3) is 0 Å². The van der Waals surface area contributed by atoms with E-state index in [1.807, 2.05) is 6.92 Å². The second-order valence-electron chi connectivity index (χ2n) is 3.93. The highest BCUT2D eigenvalue weighted by Gasteiger charge is 2.29. The summed E-state index contributed by atoms with van der Waals surface area (Å²) in [6.45, 7) is 4.46. The molecule has 0 amide bonds. The van der Waals surface area contributed by atoms with Gasteiger partial charge in [-0.15, -0.1) is 0 Å². The van der Waals surface area contributed by atoms with Gasteiger partial charge in [0, 0.05) is 0 Å². The van der Waals surface area contributed by atoms with E-state index < -0.39 is 35.7 Å². The molecular formula is C12H18O6. The molecule has 0 aromatic carbocycles. The molecule has 0 saturated heterocycles. The number of hydrogen-bond acceptors (Lipinski definition) is 6. The first-order chi connectivity index (χ1) is 8.40. The second kappa shape index (κ2) is 8.52. The zero-order chi connectivity index (χ0) is 14.1.